The van der Waals surface area contributed by atoms with Crippen LogP contribution in [0.25, 0.3) is 11.0 Å². The molecule has 4 nitrogen and oxygen atoms in total. The maximum absolute atomic E-state index is 12.5. The number of aliphatic hydroxyl groups is 1. The van der Waals surface area contributed by atoms with Gasteiger partial charge < -0.3 is 14.4 Å². The Labute approximate surface area is 134 Å². The third-order valence-electron chi connectivity index (χ3n) is 4.43. The van der Waals surface area contributed by atoms with Crippen LogP contribution in [0.15, 0.2) is 28.7 Å². The van der Waals surface area contributed by atoms with Gasteiger partial charge in [-0.15, -0.1) is 0 Å². The molecule has 0 aliphatic heterocycles. The van der Waals surface area contributed by atoms with Crippen molar-refractivity contribution in [3.8, 4) is 0 Å². The van der Waals surface area contributed by atoms with E-state index in [-0.39, 0.29) is 23.7 Å². The highest BCUT2D eigenvalue weighted by Crippen LogP contribution is 2.28. The maximum atomic E-state index is 12.5. The molecular weight excluding hydrogens is 302 g/mol. The molecule has 0 saturated heterocycles. The molecule has 1 amide bonds. The predicted molar refractivity (Wildman–Crippen MR) is 86.1 cm³/mol. The van der Waals surface area contributed by atoms with Gasteiger partial charge in [-0.05, 0) is 25.0 Å². The number of nitrogens with zero attached hydrogens (tertiary/aromatic N) is 1. The summed E-state index contributed by atoms with van der Waals surface area (Å²) >= 11 is 6.08. The minimum Gasteiger partial charge on any atom is -0.449 e. The molecule has 118 valence electrons. The summed E-state index contributed by atoms with van der Waals surface area (Å²) in [5, 5.41) is 11.4. The second kappa shape index (κ2) is 6.31. The molecule has 2 unspecified atom stereocenters. The van der Waals surface area contributed by atoms with Crippen molar-refractivity contribution in [1.29, 1.82) is 0 Å². The zero-order valence-electron chi connectivity index (χ0n) is 12.6. The van der Waals surface area contributed by atoms with Crippen molar-refractivity contribution in [1.82, 2.24) is 4.90 Å². The molecule has 0 radical (unpaired) electrons. The second-order valence-corrected chi connectivity index (χ2v) is 6.47. The van der Waals surface area contributed by atoms with E-state index >= 15 is 0 Å². The van der Waals surface area contributed by atoms with Gasteiger partial charge in [-0.3, -0.25) is 4.79 Å². The lowest BCUT2D eigenvalue weighted by atomic mass is 9.86. The van der Waals surface area contributed by atoms with E-state index in [4.69, 9.17) is 16.0 Å². The van der Waals surface area contributed by atoms with Crippen molar-refractivity contribution in [2.75, 3.05) is 13.6 Å². The number of fused-ring (bicyclic) bond motifs is 1. The molecule has 1 aliphatic rings. The van der Waals surface area contributed by atoms with Crippen LogP contribution in [0.3, 0.4) is 0 Å². The number of aliphatic hydroxyl groups excluding tert-OH is 1. The Morgan fingerprint density at radius 2 is 2.18 bits per heavy atom. The normalized spacial score (nSPS) is 22.0. The molecule has 1 N–H and O–H groups in total. The van der Waals surface area contributed by atoms with E-state index in [0.29, 0.717) is 17.2 Å². The van der Waals surface area contributed by atoms with Crippen molar-refractivity contribution in [3.05, 3.63) is 35.0 Å². The number of carbonyl (C=O) groups is 1. The fourth-order valence-corrected chi connectivity index (χ4v) is 3.38. The number of hydrogen-bond donors (Lipinski definition) is 1. The Morgan fingerprint density at radius 3 is 2.91 bits per heavy atom. The van der Waals surface area contributed by atoms with Gasteiger partial charge in [0.15, 0.2) is 11.3 Å². The summed E-state index contributed by atoms with van der Waals surface area (Å²) in [5.41, 5.74) is 0.540. The average Bonchev–Trinajstić information content (AvgIpc) is 2.94. The topological polar surface area (TPSA) is 53.7 Å². The molecular formula is C17H20ClNO3. The quantitative estimate of drug-likeness (QED) is 0.937. The van der Waals surface area contributed by atoms with Crippen LogP contribution >= 0.6 is 11.6 Å². The summed E-state index contributed by atoms with van der Waals surface area (Å²) in [6.07, 6.45) is 3.66. The molecule has 2 aromatic rings. The molecule has 5 heteroatoms. The SMILES string of the molecule is CN(CC1CCCCC1O)C(=O)c1cc2cccc(Cl)c2o1. The van der Waals surface area contributed by atoms with Crippen LogP contribution in [0.5, 0.6) is 0 Å². The van der Waals surface area contributed by atoms with Crippen molar-refractivity contribution in [2.45, 2.75) is 31.8 Å². The number of benzene rings is 1. The number of furan rings is 1. The minimum absolute atomic E-state index is 0.149. The fraction of sp³-hybridized carbons (Fsp3) is 0.471. The monoisotopic (exact) mass is 321 g/mol. The molecule has 1 aliphatic carbocycles. The lowest BCUT2D eigenvalue weighted by Crippen LogP contribution is -2.37. The van der Waals surface area contributed by atoms with Crippen LogP contribution in [0.4, 0.5) is 0 Å². The summed E-state index contributed by atoms with van der Waals surface area (Å²) in [6.45, 7) is 0.546. The van der Waals surface area contributed by atoms with Crippen molar-refractivity contribution < 1.29 is 14.3 Å². The van der Waals surface area contributed by atoms with E-state index in [1.165, 1.54) is 0 Å². The van der Waals surface area contributed by atoms with Crippen LogP contribution in [0.2, 0.25) is 5.02 Å². The maximum Gasteiger partial charge on any atom is 0.289 e. The summed E-state index contributed by atoms with van der Waals surface area (Å²) < 4.78 is 5.61. The number of carbonyl (C=O) groups excluding carboxylic acids is 1. The van der Waals surface area contributed by atoms with E-state index in [2.05, 4.69) is 0 Å². The molecule has 1 saturated carbocycles. The molecule has 22 heavy (non-hydrogen) atoms. The first kappa shape index (κ1) is 15.4. The molecule has 0 spiro atoms. The number of rotatable bonds is 3. The van der Waals surface area contributed by atoms with Crippen LogP contribution in [0.1, 0.15) is 36.2 Å². The Kier molecular flexibility index (Phi) is 4.41. The van der Waals surface area contributed by atoms with E-state index in [9.17, 15) is 9.90 Å². The van der Waals surface area contributed by atoms with Gasteiger partial charge in [0, 0.05) is 24.9 Å². The van der Waals surface area contributed by atoms with E-state index in [0.717, 1.165) is 31.1 Å². The van der Waals surface area contributed by atoms with Crippen LogP contribution in [-0.2, 0) is 0 Å². The molecule has 1 aromatic carbocycles. The van der Waals surface area contributed by atoms with Crippen LogP contribution in [0, 0.1) is 5.92 Å². The lowest BCUT2D eigenvalue weighted by molar-refractivity contribution is 0.0438. The smallest absolute Gasteiger partial charge is 0.289 e. The standard InChI is InChI=1S/C17H20ClNO3/c1-19(10-12-5-2-3-8-14(12)20)17(21)15-9-11-6-4-7-13(18)16(11)22-15/h4,6-7,9,12,14,20H,2-3,5,8,10H2,1H3. The van der Waals surface area contributed by atoms with Crippen molar-refractivity contribution in [2.24, 2.45) is 5.92 Å². The molecule has 1 heterocycles. The summed E-state index contributed by atoms with van der Waals surface area (Å²) in [5.74, 6) is 0.261. The van der Waals surface area contributed by atoms with E-state index in [1.54, 1.807) is 24.1 Å². The van der Waals surface area contributed by atoms with Crippen LogP contribution in [-0.4, -0.2) is 35.6 Å². The first-order chi connectivity index (χ1) is 10.6. The molecule has 3 rings (SSSR count). The average molecular weight is 322 g/mol. The zero-order valence-corrected chi connectivity index (χ0v) is 13.3. The highest BCUT2D eigenvalue weighted by atomic mass is 35.5. The highest BCUT2D eigenvalue weighted by Gasteiger charge is 2.27. The zero-order chi connectivity index (χ0) is 15.7. The van der Waals surface area contributed by atoms with Crippen LogP contribution < -0.4 is 0 Å². The minimum atomic E-state index is -0.311. The second-order valence-electron chi connectivity index (χ2n) is 6.07. The third kappa shape index (κ3) is 2.99. The fourth-order valence-electron chi connectivity index (χ4n) is 3.16. The molecule has 0 bridgehead atoms. The van der Waals surface area contributed by atoms with Gasteiger partial charge in [0.1, 0.15) is 0 Å². The largest absolute Gasteiger partial charge is 0.449 e. The number of halogens is 1. The highest BCUT2D eigenvalue weighted by molar-refractivity contribution is 6.34. The van der Waals surface area contributed by atoms with Gasteiger partial charge in [0.2, 0.25) is 0 Å². The summed E-state index contributed by atoms with van der Waals surface area (Å²) in [6, 6.07) is 7.16. The molecule has 2 atom stereocenters. The first-order valence-corrected chi connectivity index (χ1v) is 8.05. The Hall–Kier alpha value is -1.52. The van der Waals surface area contributed by atoms with Gasteiger partial charge >= 0.3 is 0 Å². The van der Waals surface area contributed by atoms with E-state index < -0.39 is 0 Å². The van der Waals surface area contributed by atoms with Gasteiger partial charge in [-0.2, -0.15) is 0 Å². The third-order valence-corrected chi connectivity index (χ3v) is 4.73. The summed E-state index contributed by atoms with van der Waals surface area (Å²) in [4.78, 5) is 14.1. The number of amides is 1. The van der Waals surface area contributed by atoms with Gasteiger partial charge in [-0.1, -0.05) is 36.6 Å². The van der Waals surface area contributed by atoms with E-state index in [1.807, 2.05) is 12.1 Å². The molecule has 1 aromatic heterocycles. The van der Waals surface area contributed by atoms with Gasteiger partial charge in [0.25, 0.3) is 5.91 Å². The van der Waals surface area contributed by atoms with Gasteiger partial charge in [0.05, 0.1) is 11.1 Å². The Morgan fingerprint density at radius 1 is 1.41 bits per heavy atom. The predicted octanol–water partition coefficient (Wildman–Crippen LogP) is 3.71. The number of hydrogen-bond acceptors (Lipinski definition) is 3. The summed E-state index contributed by atoms with van der Waals surface area (Å²) in [7, 11) is 1.75. The lowest BCUT2D eigenvalue weighted by Gasteiger charge is -2.30. The van der Waals surface area contributed by atoms with Crippen molar-refractivity contribution in [3.63, 3.8) is 0 Å². The Balaban J connectivity index is 1.75. The van der Waals surface area contributed by atoms with Crippen molar-refractivity contribution >= 4 is 28.5 Å². The Bertz CT molecular complexity index is 682. The first-order valence-electron chi connectivity index (χ1n) is 7.68. The molecule has 1 fully saturated rings. The number of para-hydroxylation sites is 1. The van der Waals surface area contributed by atoms with Gasteiger partial charge in [-0.25, -0.2) is 0 Å².